The number of phosphoric acid groups is 1. The fraction of sp³-hybridized carbons (Fsp3) is 0.894. The summed E-state index contributed by atoms with van der Waals surface area (Å²) in [4.78, 5) is 23.5. The highest BCUT2D eigenvalue weighted by molar-refractivity contribution is 7.47. The molecular formula is C47H90NO12P. The average Bonchev–Trinajstić information content (AvgIpc) is 3.23. The Morgan fingerprint density at radius 1 is 0.574 bits per heavy atom. The highest BCUT2D eigenvalue weighted by Gasteiger charge is 2.51. The molecule has 0 bridgehead atoms. The molecule has 1 fully saturated rings. The number of rotatable bonds is 40. The number of aliphatic hydroxyl groups is 7. The van der Waals surface area contributed by atoms with Crippen LogP contribution in [0.3, 0.4) is 0 Å². The topological polar surface area (TPSA) is 226 Å². The Kier molecular flexibility index (Phi) is 35.1. The number of carbonyl (C=O) groups is 1. The predicted molar refractivity (Wildman–Crippen MR) is 243 cm³/mol. The number of aliphatic hydroxyl groups excluding tert-OH is 7. The van der Waals surface area contributed by atoms with E-state index in [1.54, 1.807) is 0 Å². The molecule has 1 saturated carbocycles. The van der Waals surface area contributed by atoms with Crippen molar-refractivity contribution in [2.45, 2.75) is 261 Å². The number of phosphoric ester groups is 1. The van der Waals surface area contributed by atoms with E-state index in [0.29, 0.717) is 12.8 Å². The largest absolute Gasteiger partial charge is 0.472 e. The first-order valence-corrected chi connectivity index (χ1v) is 25.9. The first-order valence-electron chi connectivity index (χ1n) is 24.4. The van der Waals surface area contributed by atoms with Crippen molar-refractivity contribution < 1.29 is 59.0 Å². The van der Waals surface area contributed by atoms with Crippen molar-refractivity contribution in [2.24, 2.45) is 0 Å². The SMILES string of the molecule is CCCCC/C=C\C=C/CCCCCCC(O)CC(=O)NC(COP(=O)(O)OC1C(O)C(O)C(O)C(O)C1O)C(O)CCCCCCCCCCCCCCCCCCCC. The summed E-state index contributed by atoms with van der Waals surface area (Å²) in [7, 11) is -5.12. The molecule has 0 aromatic heterocycles. The number of allylic oxidation sites excluding steroid dienone is 4. The first-order chi connectivity index (χ1) is 29.3. The van der Waals surface area contributed by atoms with E-state index in [0.717, 1.165) is 64.2 Å². The Morgan fingerprint density at radius 3 is 1.43 bits per heavy atom. The van der Waals surface area contributed by atoms with Gasteiger partial charge in [-0.25, -0.2) is 4.57 Å². The predicted octanol–water partition coefficient (Wildman–Crippen LogP) is 8.37. The second-order valence-corrected chi connectivity index (χ2v) is 18.9. The lowest BCUT2D eigenvalue weighted by atomic mass is 9.85. The van der Waals surface area contributed by atoms with Crippen LogP contribution in [-0.4, -0.2) is 108 Å². The number of carbonyl (C=O) groups excluding carboxylic acids is 1. The molecule has 1 rings (SSSR count). The number of hydrogen-bond donors (Lipinski definition) is 9. The van der Waals surface area contributed by atoms with Gasteiger partial charge in [-0.3, -0.25) is 13.8 Å². The third-order valence-electron chi connectivity index (χ3n) is 11.8. The third-order valence-corrected chi connectivity index (χ3v) is 12.8. The van der Waals surface area contributed by atoms with Crippen molar-refractivity contribution in [1.29, 1.82) is 0 Å². The van der Waals surface area contributed by atoms with Crippen molar-refractivity contribution in [3.05, 3.63) is 24.3 Å². The van der Waals surface area contributed by atoms with Gasteiger partial charge in [0, 0.05) is 0 Å². The van der Waals surface area contributed by atoms with Crippen LogP contribution in [0.15, 0.2) is 24.3 Å². The molecule has 8 atom stereocenters. The molecule has 0 aliphatic heterocycles. The molecule has 0 heterocycles. The quantitative estimate of drug-likeness (QED) is 0.0161. The maximum atomic E-state index is 13.0. The van der Waals surface area contributed by atoms with Crippen molar-refractivity contribution in [3.63, 3.8) is 0 Å². The first kappa shape index (κ1) is 57.8. The summed E-state index contributed by atoms with van der Waals surface area (Å²) in [5.74, 6) is -0.571. The summed E-state index contributed by atoms with van der Waals surface area (Å²) < 4.78 is 22.9. The summed E-state index contributed by atoms with van der Waals surface area (Å²) in [5, 5.41) is 74.7. The molecule has 9 N–H and O–H groups in total. The number of amides is 1. The van der Waals surface area contributed by atoms with Crippen molar-refractivity contribution in [3.8, 4) is 0 Å². The fourth-order valence-electron chi connectivity index (χ4n) is 7.82. The molecule has 1 amide bonds. The summed E-state index contributed by atoms with van der Waals surface area (Å²) in [6, 6.07) is -1.16. The lowest BCUT2D eigenvalue weighted by Crippen LogP contribution is -2.64. The Balaban J connectivity index is 2.51. The van der Waals surface area contributed by atoms with Crippen molar-refractivity contribution in [2.75, 3.05) is 6.61 Å². The van der Waals surface area contributed by atoms with E-state index in [1.165, 1.54) is 103 Å². The number of hydrogen-bond acceptors (Lipinski definition) is 11. The lowest BCUT2D eigenvalue weighted by molar-refractivity contribution is -0.220. The van der Waals surface area contributed by atoms with Gasteiger partial charge in [-0.15, -0.1) is 0 Å². The van der Waals surface area contributed by atoms with Crippen LogP contribution in [0.5, 0.6) is 0 Å². The Morgan fingerprint density at radius 2 is 0.951 bits per heavy atom. The van der Waals surface area contributed by atoms with Gasteiger partial charge in [-0.1, -0.05) is 186 Å². The van der Waals surface area contributed by atoms with Crippen molar-refractivity contribution in [1.82, 2.24) is 5.32 Å². The zero-order chi connectivity index (χ0) is 45.1. The lowest BCUT2D eigenvalue weighted by Gasteiger charge is -2.41. The maximum Gasteiger partial charge on any atom is 0.472 e. The molecule has 0 spiro atoms. The van der Waals surface area contributed by atoms with E-state index in [4.69, 9.17) is 9.05 Å². The minimum absolute atomic E-state index is 0.235. The van der Waals surface area contributed by atoms with Crippen LogP contribution in [0, 0.1) is 0 Å². The normalized spacial score (nSPS) is 23.4. The zero-order valence-corrected chi connectivity index (χ0v) is 39.0. The second-order valence-electron chi connectivity index (χ2n) is 17.5. The standard InChI is InChI=1S/C47H90NO12P/c1-3-5-7-9-11-13-15-17-18-19-20-21-23-25-27-29-31-33-35-40(50)39(37-59-61(57,58)60-47-45(55)43(53)42(52)44(54)46(47)56)48-41(51)36-38(49)34-32-30-28-26-24-22-16-14-12-10-8-6-4-2/h12,14,16,22,38-40,42-47,49-50,52-56H,3-11,13,15,17-21,23-37H2,1-2H3,(H,48,51)(H,57,58)/b14-12-,22-16-. The molecular weight excluding hydrogens is 801 g/mol. The molecule has 13 nitrogen and oxygen atoms in total. The zero-order valence-electron chi connectivity index (χ0n) is 38.1. The van der Waals surface area contributed by atoms with Gasteiger partial charge in [0.05, 0.1) is 31.3 Å². The molecule has 0 radical (unpaired) electrons. The molecule has 0 aromatic carbocycles. The Hall–Kier alpha value is -1.22. The van der Waals surface area contributed by atoms with E-state index in [2.05, 4.69) is 43.5 Å². The van der Waals surface area contributed by atoms with Gasteiger partial charge in [0.25, 0.3) is 0 Å². The minimum Gasteiger partial charge on any atom is -0.393 e. The van der Waals surface area contributed by atoms with E-state index in [1.807, 2.05) is 0 Å². The van der Waals surface area contributed by atoms with E-state index in [9.17, 15) is 50.0 Å². The Labute approximate surface area is 369 Å². The highest BCUT2D eigenvalue weighted by atomic mass is 31.2. The molecule has 360 valence electrons. The molecule has 0 saturated heterocycles. The molecule has 1 aliphatic carbocycles. The molecule has 61 heavy (non-hydrogen) atoms. The molecule has 1 aliphatic rings. The van der Waals surface area contributed by atoms with Crippen LogP contribution in [0.1, 0.15) is 206 Å². The van der Waals surface area contributed by atoms with Gasteiger partial charge < -0.3 is 46.0 Å². The van der Waals surface area contributed by atoms with Gasteiger partial charge in [0.2, 0.25) is 5.91 Å². The average molecular weight is 892 g/mol. The van der Waals surface area contributed by atoms with E-state index >= 15 is 0 Å². The van der Waals surface area contributed by atoms with Crippen LogP contribution < -0.4 is 5.32 Å². The Bertz CT molecular complexity index is 1140. The third kappa shape index (κ3) is 29.0. The van der Waals surface area contributed by atoms with Gasteiger partial charge in [0.1, 0.15) is 36.6 Å². The molecule has 8 unspecified atom stereocenters. The fourth-order valence-corrected chi connectivity index (χ4v) is 8.79. The highest BCUT2D eigenvalue weighted by Crippen LogP contribution is 2.47. The van der Waals surface area contributed by atoms with Crippen molar-refractivity contribution >= 4 is 13.7 Å². The summed E-state index contributed by atoms with van der Waals surface area (Å²) in [6.45, 7) is 3.76. The van der Waals surface area contributed by atoms with Crippen LogP contribution in [0.4, 0.5) is 0 Å². The smallest absolute Gasteiger partial charge is 0.393 e. The number of nitrogens with one attached hydrogen (secondary N) is 1. The molecule has 14 heteroatoms. The van der Waals surface area contributed by atoms with E-state index in [-0.39, 0.29) is 12.8 Å². The van der Waals surface area contributed by atoms with Gasteiger partial charge in [0.15, 0.2) is 0 Å². The van der Waals surface area contributed by atoms with E-state index < -0.39 is 75.2 Å². The van der Waals surface area contributed by atoms with Gasteiger partial charge >= 0.3 is 7.82 Å². The van der Waals surface area contributed by atoms with Crippen LogP contribution in [0.2, 0.25) is 0 Å². The maximum absolute atomic E-state index is 13.0. The molecule has 0 aromatic rings. The minimum atomic E-state index is -5.12. The second kappa shape index (κ2) is 37.0. The monoisotopic (exact) mass is 892 g/mol. The van der Waals surface area contributed by atoms with Crippen LogP contribution >= 0.6 is 7.82 Å². The van der Waals surface area contributed by atoms with Gasteiger partial charge in [-0.2, -0.15) is 0 Å². The van der Waals surface area contributed by atoms with Crippen LogP contribution in [0.25, 0.3) is 0 Å². The summed E-state index contributed by atoms with van der Waals surface area (Å²) in [5.41, 5.74) is 0. The van der Waals surface area contributed by atoms with Crippen LogP contribution in [-0.2, 0) is 18.4 Å². The van der Waals surface area contributed by atoms with Gasteiger partial charge in [-0.05, 0) is 38.5 Å². The number of unbranched alkanes of at least 4 members (excludes halogenated alkanes) is 24. The summed E-state index contributed by atoms with van der Waals surface area (Å²) in [6.07, 6.45) is 26.5. The summed E-state index contributed by atoms with van der Waals surface area (Å²) >= 11 is 0.